The lowest BCUT2D eigenvalue weighted by Gasteiger charge is -2.40. The summed E-state index contributed by atoms with van der Waals surface area (Å²) in [6.07, 6.45) is 2.88. The fourth-order valence-electron chi connectivity index (χ4n) is 3.37. The molecule has 2 amide bonds. The van der Waals surface area contributed by atoms with Gasteiger partial charge in [-0.25, -0.2) is 4.98 Å². The van der Waals surface area contributed by atoms with Gasteiger partial charge >= 0.3 is 0 Å². The van der Waals surface area contributed by atoms with Gasteiger partial charge in [0, 0.05) is 17.6 Å². The van der Waals surface area contributed by atoms with E-state index < -0.39 is 12.1 Å². The molecule has 2 heterocycles. The fourth-order valence-corrected chi connectivity index (χ4v) is 3.93. The van der Waals surface area contributed by atoms with Crippen LogP contribution in [0.3, 0.4) is 0 Å². The Morgan fingerprint density at radius 1 is 1.37 bits per heavy atom. The summed E-state index contributed by atoms with van der Waals surface area (Å²) >= 11 is 1.48. The van der Waals surface area contributed by atoms with Gasteiger partial charge in [0.2, 0.25) is 5.91 Å². The lowest BCUT2D eigenvalue weighted by Crippen LogP contribution is -2.55. The van der Waals surface area contributed by atoms with Crippen LogP contribution in [-0.4, -0.2) is 47.6 Å². The second-order valence-electron chi connectivity index (χ2n) is 6.63. The first-order valence-electron chi connectivity index (χ1n) is 8.90. The number of nitrogens with zero attached hydrogens (tertiary/aromatic N) is 2. The maximum atomic E-state index is 12.9. The van der Waals surface area contributed by atoms with Crippen LogP contribution in [0, 0.1) is 0 Å². The molecule has 0 unspecified atom stereocenters. The Morgan fingerprint density at radius 3 is 2.78 bits per heavy atom. The predicted octanol–water partition coefficient (Wildman–Crippen LogP) is 1.90. The number of hydrogen-bond donors (Lipinski definition) is 1. The molecular formula is C19H21N3O4S. The third kappa shape index (κ3) is 3.81. The molecule has 0 spiro atoms. The van der Waals surface area contributed by atoms with E-state index in [-0.39, 0.29) is 24.5 Å². The van der Waals surface area contributed by atoms with E-state index in [0.717, 1.165) is 29.2 Å². The molecule has 1 saturated carbocycles. The van der Waals surface area contributed by atoms with Crippen molar-refractivity contribution in [3.8, 4) is 5.75 Å². The molecule has 0 bridgehead atoms. The standard InChI is InChI=1S/C19H21N3O4S/c1-25-14-6-2-12(3-7-14)17-18(19(24)21-10-15-20-8-9-27-15)26-11-16(23)22(17)13-4-5-13/h2-3,6-9,13,17-18H,4-5,10-11H2,1H3,(H,21,24)/t17-,18+/m1/s1. The second-order valence-corrected chi connectivity index (χ2v) is 7.60. The minimum absolute atomic E-state index is 0.0673. The fraction of sp³-hybridized carbons (Fsp3) is 0.421. The van der Waals surface area contributed by atoms with Crippen molar-refractivity contribution in [2.75, 3.05) is 13.7 Å². The van der Waals surface area contributed by atoms with Crippen molar-refractivity contribution in [3.63, 3.8) is 0 Å². The number of hydrogen-bond acceptors (Lipinski definition) is 6. The Hall–Kier alpha value is -2.45. The number of ether oxygens (including phenoxy) is 2. The van der Waals surface area contributed by atoms with E-state index >= 15 is 0 Å². The van der Waals surface area contributed by atoms with E-state index in [4.69, 9.17) is 9.47 Å². The van der Waals surface area contributed by atoms with Crippen LogP contribution >= 0.6 is 11.3 Å². The maximum Gasteiger partial charge on any atom is 0.252 e. The maximum absolute atomic E-state index is 12.9. The van der Waals surface area contributed by atoms with Crippen molar-refractivity contribution < 1.29 is 19.1 Å². The van der Waals surface area contributed by atoms with Crippen LogP contribution in [-0.2, 0) is 20.9 Å². The number of rotatable bonds is 6. The Labute approximate surface area is 161 Å². The van der Waals surface area contributed by atoms with Crippen LogP contribution in [0.15, 0.2) is 35.8 Å². The molecule has 142 valence electrons. The number of benzene rings is 1. The van der Waals surface area contributed by atoms with Gasteiger partial charge in [-0.2, -0.15) is 0 Å². The Bertz CT molecular complexity index is 805. The van der Waals surface area contributed by atoms with Crippen LogP contribution in [0.25, 0.3) is 0 Å². The topological polar surface area (TPSA) is 80.8 Å². The summed E-state index contributed by atoms with van der Waals surface area (Å²) in [6, 6.07) is 7.20. The molecule has 1 aromatic heterocycles. The van der Waals surface area contributed by atoms with E-state index in [1.54, 1.807) is 13.3 Å². The molecule has 1 saturated heterocycles. The smallest absolute Gasteiger partial charge is 0.252 e. The molecule has 1 aliphatic carbocycles. The Kier molecular flexibility index (Phi) is 5.09. The number of methoxy groups -OCH3 is 1. The Balaban J connectivity index is 1.58. The number of amides is 2. The molecule has 1 N–H and O–H groups in total. The number of carbonyl (C=O) groups is 2. The summed E-state index contributed by atoms with van der Waals surface area (Å²) in [4.78, 5) is 31.4. The van der Waals surface area contributed by atoms with Gasteiger partial charge in [0.1, 0.15) is 17.4 Å². The highest BCUT2D eigenvalue weighted by atomic mass is 32.1. The lowest BCUT2D eigenvalue weighted by atomic mass is 9.96. The first-order valence-corrected chi connectivity index (χ1v) is 9.78. The van der Waals surface area contributed by atoms with Gasteiger partial charge in [-0.3, -0.25) is 9.59 Å². The number of nitrogens with one attached hydrogen (secondary N) is 1. The first-order chi connectivity index (χ1) is 13.2. The Morgan fingerprint density at radius 2 is 2.15 bits per heavy atom. The third-order valence-electron chi connectivity index (χ3n) is 4.81. The lowest BCUT2D eigenvalue weighted by molar-refractivity contribution is -0.165. The first kappa shape index (κ1) is 17.9. The monoisotopic (exact) mass is 387 g/mol. The van der Waals surface area contributed by atoms with Crippen molar-refractivity contribution in [2.24, 2.45) is 0 Å². The number of carbonyl (C=O) groups excluding carboxylic acids is 2. The molecule has 2 aliphatic rings. The zero-order valence-corrected chi connectivity index (χ0v) is 15.8. The number of aromatic nitrogens is 1. The summed E-state index contributed by atoms with van der Waals surface area (Å²) in [6.45, 7) is 0.279. The van der Waals surface area contributed by atoms with Gasteiger partial charge in [-0.15, -0.1) is 11.3 Å². The summed E-state index contributed by atoms with van der Waals surface area (Å²) in [5, 5.41) is 5.59. The zero-order chi connectivity index (χ0) is 18.8. The van der Waals surface area contributed by atoms with Gasteiger partial charge in [-0.05, 0) is 30.5 Å². The highest BCUT2D eigenvalue weighted by Crippen LogP contribution is 2.39. The number of morpholine rings is 1. The van der Waals surface area contributed by atoms with Gasteiger partial charge < -0.3 is 19.7 Å². The van der Waals surface area contributed by atoms with E-state index in [0.29, 0.717) is 6.54 Å². The van der Waals surface area contributed by atoms with Crippen LogP contribution < -0.4 is 10.1 Å². The van der Waals surface area contributed by atoms with Gasteiger partial charge in [0.25, 0.3) is 5.91 Å². The van der Waals surface area contributed by atoms with E-state index in [2.05, 4.69) is 10.3 Å². The molecule has 0 radical (unpaired) electrons. The normalized spacial score (nSPS) is 22.6. The molecule has 1 aromatic carbocycles. The molecule has 4 rings (SSSR count). The summed E-state index contributed by atoms with van der Waals surface area (Å²) in [5.41, 5.74) is 0.866. The van der Waals surface area contributed by atoms with Crippen LogP contribution in [0.2, 0.25) is 0 Å². The number of thiazole rings is 1. The van der Waals surface area contributed by atoms with Gasteiger partial charge in [0.05, 0.1) is 19.7 Å². The molecule has 1 aliphatic heterocycles. The zero-order valence-electron chi connectivity index (χ0n) is 15.0. The van der Waals surface area contributed by atoms with E-state index in [9.17, 15) is 9.59 Å². The molecule has 7 nitrogen and oxygen atoms in total. The molecule has 2 aromatic rings. The van der Waals surface area contributed by atoms with Crippen molar-refractivity contribution >= 4 is 23.2 Å². The van der Waals surface area contributed by atoms with Crippen LogP contribution in [0.4, 0.5) is 0 Å². The van der Waals surface area contributed by atoms with Crippen LogP contribution in [0.5, 0.6) is 5.75 Å². The second kappa shape index (κ2) is 7.66. The SMILES string of the molecule is COc1ccc([C@@H]2[C@@H](C(=O)NCc3nccs3)OCC(=O)N2C2CC2)cc1. The van der Waals surface area contributed by atoms with E-state index in [1.807, 2.05) is 34.5 Å². The van der Waals surface area contributed by atoms with Gasteiger partial charge in [0.15, 0.2) is 6.10 Å². The van der Waals surface area contributed by atoms with Gasteiger partial charge in [-0.1, -0.05) is 12.1 Å². The highest BCUT2D eigenvalue weighted by Gasteiger charge is 2.47. The van der Waals surface area contributed by atoms with Crippen molar-refractivity contribution in [3.05, 3.63) is 46.4 Å². The van der Waals surface area contributed by atoms with E-state index in [1.165, 1.54) is 11.3 Å². The quantitative estimate of drug-likeness (QED) is 0.819. The van der Waals surface area contributed by atoms with Crippen molar-refractivity contribution in [1.29, 1.82) is 0 Å². The summed E-state index contributed by atoms with van der Waals surface area (Å²) < 4.78 is 10.9. The molecule has 27 heavy (non-hydrogen) atoms. The summed E-state index contributed by atoms with van der Waals surface area (Å²) in [5.74, 6) is 0.427. The minimum atomic E-state index is -0.753. The van der Waals surface area contributed by atoms with Crippen molar-refractivity contribution in [1.82, 2.24) is 15.2 Å². The van der Waals surface area contributed by atoms with Crippen LogP contribution in [0.1, 0.15) is 29.5 Å². The average molecular weight is 387 g/mol. The minimum Gasteiger partial charge on any atom is -0.497 e. The predicted molar refractivity (Wildman–Crippen MR) is 99.3 cm³/mol. The molecule has 2 atom stereocenters. The largest absolute Gasteiger partial charge is 0.497 e. The molecule has 8 heteroatoms. The third-order valence-corrected chi connectivity index (χ3v) is 5.59. The average Bonchev–Trinajstić information content (AvgIpc) is 3.40. The molecular weight excluding hydrogens is 366 g/mol. The molecule has 2 fully saturated rings. The van der Waals surface area contributed by atoms with Crippen molar-refractivity contribution in [2.45, 2.75) is 37.6 Å². The summed E-state index contributed by atoms with van der Waals surface area (Å²) in [7, 11) is 1.60. The highest BCUT2D eigenvalue weighted by molar-refractivity contribution is 7.09.